The van der Waals surface area contributed by atoms with E-state index in [0.717, 1.165) is 6.20 Å². The predicted molar refractivity (Wildman–Crippen MR) is 113 cm³/mol. The number of pyridine rings is 1. The topological polar surface area (TPSA) is 80.2 Å². The molecule has 31 heavy (non-hydrogen) atoms. The van der Waals surface area contributed by atoms with E-state index in [9.17, 15) is 13.6 Å². The molecule has 4 rings (SSSR count). The van der Waals surface area contributed by atoms with E-state index in [0.29, 0.717) is 30.5 Å². The molecule has 0 bridgehead atoms. The SMILES string of the molecule is CC(C)(C)OC(=O)N1CCC(Nc2ncc(F)c(-c3cc(F)c4ncccc4c3)n2)C1. The minimum Gasteiger partial charge on any atom is -0.444 e. The van der Waals surface area contributed by atoms with Crippen LogP contribution in [-0.4, -0.2) is 50.7 Å². The maximum Gasteiger partial charge on any atom is 0.410 e. The lowest BCUT2D eigenvalue weighted by Gasteiger charge is -2.24. The van der Waals surface area contributed by atoms with Gasteiger partial charge in [-0.3, -0.25) is 4.98 Å². The number of halogens is 2. The first-order valence-corrected chi connectivity index (χ1v) is 10.0. The van der Waals surface area contributed by atoms with E-state index in [1.165, 1.54) is 12.3 Å². The Labute approximate surface area is 178 Å². The Morgan fingerprint density at radius 2 is 2.03 bits per heavy atom. The molecule has 1 fully saturated rings. The second kappa shape index (κ2) is 8.05. The van der Waals surface area contributed by atoms with E-state index in [4.69, 9.17) is 4.74 Å². The van der Waals surface area contributed by atoms with Gasteiger partial charge in [-0.25, -0.2) is 23.5 Å². The van der Waals surface area contributed by atoms with Gasteiger partial charge in [-0.15, -0.1) is 0 Å². The molecular formula is C22H23F2N5O2. The van der Waals surface area contributed by atoms with Crippen molar-refractivity contribution < 1.29 is 18.3 Å². The fourth-order valence-corrected chi connectivity index (χ4v) is 3.48. The normalized spacial score (nSPS) is 16.5. The van der Waals surface area contributed by atoms with Crippen LogP contribution in [0.1, 0.15) is 27.2 Å². The van der Waals surface area contributed by atoms with Gasteiger partial charge in [0.1, 0.15) is 22.6 Å². The summed E-state index contributed by atoms with van der Waals surface area (Å²) in [4.78, 5) is 26.1. The van der Waals surface area contributed by atoms with Crippen molar-refractivity contribution in [2.45, 2.75) is 38.8 Å². The predicted octanol–water partition coefficient (Wildman–Crippen LogP) is 4.39. The molecule has 1 N–H and O–H groups in total. The van der Waals surface area contributed by atoms with Crippen molar-refractivity contribution in [3.63, 3.8) is 0 Å². The number of likely N-dealkylation sites (tertiary alicyclic amines) is 1. The molecule has 2 aromatic heterocycles. The molecule has 1 aromatic carbocycles. The summed E-state index contributed by atoms with van der Waals surface area (Å²) in [6, 6.07) is 6.14. The molecule has 1 amide bonds. The number of nitrogens with one attached hydrogen (secondary N) is 1. The molecule has 1 saturated heterocycles. The van der Waals surface area contributed by atoms with Crippen molar-refractivity contribution >= 4 is 22.9 Å². The number of ether oxygens (including phenoxy) is 1. The van der Waals surface area contributed by atoms with Gasteiger partial charge in [0.25, 0.3) is 0 Å². The average Bonchev–Trinajstić information content (AvgIpc) is 3.17. The summed E-state index contributed by atoms with van der Waals surface area (Å²) in [5.41, 5.74) is -0.0680. The Bertz CT molecular complexity index is 1130. The Hall–Kier alpha value is -3.36. The number of hydrogen-bond donors (Lipinski definition) is 1. The summed E-state index contributed by atoms with van der Waals surface area (Å²) in [7, 11) is 0. The first-order valence-electron chi connectivity index (χ1n) is 10.0. The first-order chi connectivity index (χ1) is 14.7. The lowest BCUT2D eigenvalue weighted by atomic mass is 10.1. The summed E-state index contributed by atoms with van der Waals surface area (Å²) in [5, 5.41) is 3.68. The van der Waals surface area contributed by atoms with Crippen LogP contribution in [0.5, 0.6) is 0 Å². The third-order valence-electron chi connectivity index (χ3n) is 4.85. The Morgan fingerprint density at radius 1 is 1.23 bits per heavy atom. The highest BCUT2D eigenvalue weighted by atomic mass is 19.1. The summed E-state index contributed by atoms with van der Waals surface area (Å²) >= 11 is 0. The lowest BCUT2D eigenvalue weighted by Crippen LogP contribution is -2.36. The van der Waals surface area contributed by atoms with Gasteiger partial charge in [-0.05, 0) is 45.4 Å². The number of rotatable bonds is 3. The molecule has 9 heteroatoms. The first kappa shape index (κ1) is 20.9. The highest BCUT2D eigenvalue weighted by molar-refractivity contribution is 5.84. The van der Waals surface area contributed by atoms with Crippen LogP contribution in [0.2, 0.25) is 0 Å². The van der Waals surface area contributed by atoms with E-state index in [1.807, 2.05) is 20.8 Å². The molecule has 0 saturated carbocycles. The number of carbonyl (C=O) groups is 1. The van der Waals surface area contributed by atoms with Crippen LogP contribution in [-0.2, 0) is 4.74 Å². The van der Waals surface area contributed by atoms with Crippen LogP contribution in [0.15, 0.2) is 36.7 Å². The number of hydrogen-bond acceptors (Lipinski definition) is 6. The van der Waals surface area contributed by atoms with E-state index in [1.54, 1.807) is 23.1 Å². The summed E-state index contributed by atoms with van der Waals surface area (Å²) in [6.07, 6.45) is 2.85. The minimum absolute atomic E-state index is 0.0100. The standard InChI is InChI=1S/C22H23F2N5O2/c1-22(2,3)31-21(30)29-8-6-15(12-29)27-20-26-11-17(24)19(28-20)14-9-13-5-4-7-25-18(13)16(23)10-14/h4-5,7,9-11,15H,6,8,12H2,1-3H3,(H,26,27,28). The molecule has 162 valence electrons. The number of anilines is 1. The number of carbonyl (C=O) groups excluding carboxylic acids is 1. The number of fused-ring (bicyclic) bond motifs is 1. The second-order valence-electron chi connectivity index (χ2n) is 8.48. The van der Waals surface area contributed by atoms with Gasteiger partial charge in [0.15, 0.2) is 5.82 Å². The monoisotopic (exact) mass is 427 g/mol. The highest BCUT2D eigenvalue weighted by Gasteiger charge is 2.30. The van der Waals surface area contributed by atoms with Crippen molar-refractivity contribution in [1.29, 1.82) is 0 Å². The van der Waals surface area contributed by atoms with Gasteiger partial charge in [-0.1, -0.05) is 6.07 Å². The molecule has 0 aliphatic carbocycles. The van der Waals surface area contributed by atoms with Crippen LogP contribution in [0, 0.1) is 11.6 Å². The molecule has 1 aliphatic rings. The third kappa shape index (κ3) is 4.70. The average molecular weight is 427 g/mol. The fourth-order valence-electron chi connectivity index (χ4n) is 3.48. The zero-order valence-corrected chi connectivity index (χ0v) is 17.5. The molecular weight excluding hydrogens is 404 g/mol. The summed E-state index contributed by atoms with van der Waals surface area (Å²) < 4.78 is 34.3. The molecule has 0 spiro atoms. The van der Waals surface area contributed by atoms with Crippen molar-refractivity contribution in [2.24, 2.45) is 0 Å². The number of nitrogens with zero attached hydrogens (tertiary/aromatic N) is 4. The van der Waals surface area contributed by atoms with Crippen molar-refractivity contribution in [1.82, 2.24) is 19.9 Å². The number of aromatic nitrogens is 3. The van der Waals surface area contributed by atoms with Gasteiger partial charge >= 0.3 is 6.09 Å². The number of amides is 1. The van der Waals surface area contributed by atoms with Gasteiger partial charge in [-0.2, -0.15) is 0 Å². The molecule has 3 heterocycles. The Balaban J connectivity index is 1.52. The van der Waals surface area contributed by atoms with Gasteiger partial charge < -0.3 is 15.0 Å². The van der Waals surface area contributed by atoms with E-state index < -0.39 is 17.2 Å². The zero-order valence-electron chi connectivity index (χ0n) is 17.5. The molecule has 1 unspecified atom stereocenters. The molecule has 3 aromatic rings. The van der Waals surface area contributed by atoms with E-state index in [-0.39, 0.29) is 29.3 Å². The molecule has 0 radical (unpaired) electrons. The van der Waals surface area contributed by atoms with Gasteiger partial charge in [0.05, 0.1) is 6.20 Å². The van der Waals surface area contributed by atoms with Crippen molar-refractivity contribution in [3.8, 4) is 11.3 Å². The Kier molecular flexibility index (Phi) is 5.43. The maximum absolute atomic E-state index is 14.5. The lowest BCUT2D eigenvalue weighted by molar-refractivity contribution is 0.0293. The van der Waals surface area contributed by atoms with Crippen molar-refractivity contribution in [2.75, 3.05) is 18.4 Å². The fraction of sp³-hybridized carbons (Fsp3) is 0.364. The maximum atomic E-state index is 14.5. The molecule has 1 aliphatic heterocycles. The highest BCUT2D eigenvalue weighted by Crippen LogP contribution is 2.27. The minimum atomic E-state index is -0.657. The van der Waals surface area contributed by atoms with Crippen LogP contribution < -0.4 is 5.32 Å². The quantitative estimate of drug-likeness (QED) is 0.668. The van der Waals surface area contributed by atoms with Crippen molar-refractivity contribution in [3.05, 3.63) is 48.3 Å². The summed E-state index contributed by atoms with van der Waals surface area (Å²) in [5.74, 6) is -1.00. The smallest absolute Gasteiger partial charge is 0.410 e. The van der Waals surface area contributed by atoms with Gasteiger partial charge in [0, 0.05) is 36.3 Å². The number of benzene rings is 1. The van der Waals surface area contributed by atoms with E-state index in [2.05, 4.69) is 20.3 Å². The van der Waals surface area contributed by atoms with E-state index >= 15 is 0 Å². The third-order valence-corrected chi connectivity index (χ3v) is 4.85. The van der Waals surface area contributed by atoms with Crippen LogP contribution in [0.25, 0.3) is 22.2 Å². The largest absolute Gasteiger partial charge is 0.444 e. The van der Waals surface area contributed by atoms with Crippen LogP contribution >= 0.6 is 0 Å². The zero-order chi connectivity index (χ0) is 22.2. The van der Waals surface area contributed by atoms with Gasteiger partial charge in [0.2, 0.25) is 5.95 Å². The summed E-state index contributed by atoms with van der Waals surface area (Å²) in [6.45, 7) is 6.40. The molecule has 1 atom stereocenters. The van der Waals surface area contributed by atoms with Crippen LogP contribution in [0.4, 0.5) is 19.5 Å². The Morgan fingerprint density at radius 3 is 2.81 bits per heavy atom. The second-order valence-corrected chi connectivity index (χ2v) is 8.48. The van der Waals surface area contributed by atoms with Crippen LogP contribution in [0.3, 0.4) is 0 Å². The molecule has 7 nitrogen and oxygen atoms in total.